The third-order valence-corrected chi connectivity index (χ3v) is 5.57. The van der Waals surface area contributed by atoms with Gasteiger partial charge in [-0.15, -0.1) is 10.2 Å². The van der Waals surface area contributed by atoms with Crippen LogP contribution in [0, 0.1) is 17.2 Å². The van der Waals surface area contributed by atoms with Crippen LogP contribution in [0.15, 0.2) is 28.8 Å². The van der Waals surface area contributed by atoms with Crippen molar-refractivity contribution in [3.63, 3.8) is 0 Å². The lowest BCUT2D eigenvalue weighted by atomic mass is 9.49. The molecule has 0 bridgehead atoms. The molecule has 4 N–H and O–H groups in total. The summed E-state index contributed by atoms with van der Waals surface area (Å²) in [6, 6.07) is 8.44. The summed E-state index contributed by atoms with van der Waals surface area (Å²) in [4.78, 5) is 41.3. The zero-order chi connectivity index (χ0) is 28.9. The van der Waals surface area contributed by atoms with Crippen LogP contribution in [-0.2, 0) is 16.1 Å². The molecule has 2 heterocycles. The smallest absolute Gasteiger partial charge is 0.272 e. The lowest BCUT2D eigenvalue weighted by molar-refractivity contribution is -0.120. The van der Waals surface area contributed by atoms with E-state index >= 15 is 0 Å². The molecule has 0 saturated heterocycles. The molecule has 1 saturated carbocycles. The molecule has 14 nitrogen and oxygen atoms in total. The van der Waals surface area contributed by atoms with E-state index in [2.05, 4.69) is 41.6 Å². The van der Waals surface area contributed by atoms with Gasteiger partial charge in [-0.25, -0.2) is 0 Å². The van der Waals surface area contributed by atoms with Gasteiger partial charge < -0.3 is 30.5 Å². The molecule has 0 radical (unpaired) electrons. The minimum Gasteiger partial charge on any atom is -0.494 e. The summed E-state index contributed by atoms with van der Waals surface area (Å²) in [6.07, 6.45) is 1.37. The van der Waals surface area contributed by atoms with Crippen LogP contribution in [0.4, 0.5) is 17.2 Å². The van der Waals surface area contributed by atoms with Gasteiger partial charge in [0.15, 0.2) is 23.1 Å². The average molecular weight is 541 g/mol. The number of carbonyl (C=O) groups is 3. The molecule has 202 valence electrons. The fourth-order valence-corrected chi connectivity index (χ4v) is 3.61. The zero-order valence-corrected chi connectivity index (χ0v) is 22.5. The Hall–Kier alpha value is -4.87. The number of para-hydroxylation sites is 1. The van der Waals surface area contributed by atoms with Gasteiger partial charge in [-0.1, -0.05) is 11.2 Å². The second-order valence-corrected chi connectivity index (χ2v) is 10.1. The highest BCUT2D eigenvalue weighted by atomic mass is 16.5. The number of hydrogen-bond donors (Lipinski definition) is 4. The summed E-state index contributed by atoms with van der Waals surface area (Å²) in [6.45, 7) is -0.0193. The second-order valence-electron chi connectivity index (χ2n) is 10.1. The Morgan fingerprint density at radius 3 is 2.65 bits per heavy atom. The highest BCUT2D eigenvalue weighted by molar-refractivity contribution is 6.60. The van der Waals surface area contributed by atoms with Gasteiger partial charge in [-0.2, -0.15) is 10.2 Å². The van der Waals surface area contributed by atoms with Crippen molar-refractivity contribution in [2.45, 2.75) is 31.0 Å². The molecule has 1 fully saturated rings. The number of ether oxygens (including phenoxy) is 1. The number of anilines is 3. The van der Waals surface area contributed by atoms with Gasteiger partial charge >= 0.3 is 0 Å². The van der Waals surface area contributed by atoms with Crippen LogP contribution in [-0.4, -0.2) is 73.9 Å². The average Bonchev–Trinajstić information content (AvgIpc) is 3.64. The molecule has 0 spiro atoms. The minimum atomic E-state index is -0.532. The Kier molecular flexibility index (Phi) is 8.37. The fraction of sp³-hybridized carbons (Fsp3) is 0.304. The first-order chi connectivity index (χ1) is 19.1. The highest BCUT2D eigenvalue weighted by Crippen LogP contribution is 2.38. The maximum Gasteiger partial charge on any atom is 0.272 e. The Bertz CT molecular complexity index is 1480. The molecule has 1 aliphatic rings. The number of carbonyl (C=O) groups excluding carboxylic acids is 3. The maximum atomic E-state index is 13.1. The SMILES string of the molecule is BC(B)(B)NC(=O)c1nnc(NC(=O)C2CC2)cc1Nc1cccc(-c2nc(CNC(=O)CC#N)no2)c1OC. The van der Waals surface area contributed by atoms with E-state index in [4.69, 9.17) is 14.5 Å². The molecule has 3 amide bonds. The number of benzene rings is 1. The molecule has 1 aromatic carbocycles. The van der Waals surface area contributed by atoms with E-state index in [0.717, 1.165) is 12.8 Å². The molecule has 0 unspecified atom stereocenters. The van der Waals surface area contributed by atoms with E-state index in [-0.39, 0.29) is 53.7 Å². The van der Waals surface area contributed by atoms with E-state index in [0.29, 0.717) is 17.0 Å². The molecule has 4 rings (SSSR count). The predicted molar refractivity (Wildman–Crippen MR) is 151 cm³/mol. The van der Waals surface area contributed by atoms with Gasteiger partial charge in [0.25, 0.3) is 11.8 Å². The van der Waals surface area contributed by atoms with Crippen molar-refractivity contribution in [1.82, 2.24) is 31.0 Å². The summed E-state index contributed by atoms with van der Waals surface area (Å²) in [5, 5.41) is 31.4. The number of methoxy groups -OCH3 is 1. The van der Waals surface area contributed by atoms with Crippen LogP contribution in [0.1, 0.15) is 35.6 Å². The number of nitrogens with one attached hydrogen (secondary N) is 4. The van der Waals surface area contributed by atoms with E-state index < -0.39 is 17.1 Å². The number of aromatic nitrogens is 4. The van der Waals surface area contributed by atoms with Crippen LogP contribution < -0.4 is 26.0 Å². The first-order valence-corrected chi connectivity index (χ1v) is 12.5. The maximum absolute atomic E-state index is 13.1. The summed E-state index contributed by atoms with van der Waals surface area (Å²) in [5.41, 5.74) is 1.18. The van der Waals surface area contributed by atoms with Gasteiger partial charge in [-0.3, -0.25) is 14.4 Å². The summed E-state index contributed by atoms with van der Waals surface area (Å²) in [7, 11) is 6.99. The number of nitrogens with zero attached hydrogens (tertiary/aromatic N) is 5. The van der Waals surface area contributed by atoms with Crippen LogP contribution in [0.5, 0.6) is 5.75 Å². The minimum absolute atomic E-state index is 0.0139. The lowest BCUT2D eigenvalue weighted by Gasteiger charge is -2.21. The number of hydrogen-bond acceptors (Lipinski definition) is 11. The summed E-state index contributed by atoms with van der Waals surface area (Å²) >= 11 is 0. The van der Waals surface area contributed by atoms with Gasteiger partial charge in [0.05, 0.1) is 36.7 Å². The third kappa shape index (κ3) is 7.16. The van der Waals surface area contributed by atoms with Crippen LogP contribution >= 0.6 is 0 Å². The molecule has 2 aromatic heterocycles. The van der Waals surface area contributed by atoms with Gasteiger partial charge in [0.2, 0.25) is 11.8 Å². The van der Waals surface area contributed by atoms with Crippen molar-refractivity contribution in [2.75, 3.05) is 17.7 Å². The Morgan fingerprint density at radius 2 is 1.98 bits per heavy atom. The Morgan fingerprint density at radius 1 is 1.20 bits per heavy atom. The summed E-state index contributed by atoms with van der Waals surface area (Å²) in [5.74, 6) is -0.255. The molecule has 1 aliphatic carbocycles. The molecular weight excluding hydrogens is 515 g/mol. The van der Waals surface area contributed by atoms with Crippen LogP contribution in [0.3, 0.4) is 0 Å². The quantitative estimate of drug-likeness (QED) is 0.204. The van der Waals surface area contributed by atoms with E-state index in [1.54, 1.807) is 24.3 Å². The monoisotopic (exact) mass is 541 g/mol. The van der Waals surface area contributed by atoms with Crippen molar-refractivity contribution in [1.29, 1.82) is 5.26 Å². The normalized spacial score (nSPS) is 12.6. The summed E-state index contributed by atoms with van der Waals surface area (Å²) < 4.78 is 11.0. The third-order valence-electron chi connectivity index (χ3n) is 5.57. The molecule has 0 atom stereocenters. The Labute approximate surface area is 232 Å². The number of rotatable bonds is 11. The molecule has 40 heavy (non-hydrogen) atoms. The fourth-order valence-electron chi connectivity index (χ4n) is 3.61. The van der Waals surface area contributed by atoms with Crippen molar-refractivity contribution < 1.29 is 23.6 Å². The van der Waals surface area contributed by atoms with Crippen molar-refractivity contribution >= 4 is 58.5 Å². The van der Waals surface area contributed by atoms with E-state index in [9.17, 15) is 14.4 Å². The predicted octanol–water partition coefficient (Wildman–Crippen LogP) is -1.60. The Balaban J connectivity index is 1.64. The zero-order valence-electron chi connectivity index (χ0n) is 22.5. The van der Waals surface area contributed by atoms with Crippen LogP contribution in [0.2, 0.25) is 0 Å². The van der Waals surface area contributed by atoms with Crippen molar-refractivity contribution in [2.24, 2.45) is 5.92 Å². The van der Waals surface area contributed by atoms with Crippen molar-refractivity contribution in [3.8, 4) is 23.3 Å². The standard InChI is InChI=1S/C23H26B3N9O5/c1-39-19-12(22-31-16(35-40-22)10-28-17(36)7-8-27)3-2-4-13(19)29-14-9-15(30-20(37)11-5-6-11)33-34-18(14)21(38)32-23(24,25)26/h2-4,9,11H,5-7,10,24-26H2,1H3,(H,28,36)(H,32,38)(H2,29,30,33,37). The van der Waals surface area contributed by atoms with Gasteiger partial charge in [0, 0.05) is 12.0 Å². The van der Waals surface area contributed by atoms with Crippen molar-refractivity contribution in [3.05, 3.63) is 35.8 Å². The largest absolute Gasteiger partial charge is 0.494 e. The second kappa shape index (κ2) is 11.9. The number of amides is 3. The van der Waals surface area contributed by atoms with Gasteiger partial charge in [-0.05, 0) is 30.2 Å². The molecule has 3 aromatic rings. The first-order valence-electron chi connectivity index (χ1n) is 12.5. The molecule has 0 aliphatic heterocycles. The van der Waals surface area contributed by atoms with Crippen LogP contribution in [0.25, 0.3) is 11.5 Å². The van der Waals surface area contributed by atoms with E-state index in [1.165, 1.54) is 13.2 Å². The lowest BCUT2D eigenvalue weighted by Crippen LogP contribution is -2.50. The van der Waals surface area contributed by atoms with Gasteiger partial charge in [0.1, 0.15) is 30.0 Å². The number of nitriles is 1. The highest BCUT2D eigenvalue weighted by Gasteiger charge is 2.30. The topological polar surface area (TPSA) is 197 Å². The van der Waals surface area contributed by atoms with E-state index in [1.807, 2.05) is 23.5 Å². The molecule has 17 heteroatoms. The molecular formula is C23H26B3N9O5. The first kappa shape index (κ1) is 28.2.